The Kier molecular flexibility index (Phi) is 4.93. The number of hydrogen-bond acceptors (Lipinski definition) is 2. The van der Waals surface area contributed by atoms with Crippen molar-refractivity contribution in [1.29, 1.82) is 0 Å². The maximum absolute atomic E-state index is 13.3. The van der Waals surface area contributed by atoms with Gasteiger partial charge in [0.15, 0.2) is 0 Å². The molecule has 9 heteroatoms. The molecule has 0 aliphatic heterocycles. The van der Waals surface area contributed by atoms with E-state index in [2.05, 4.69) is 10.4 Å². The zero-order valence-corrected chi connectivity index (χ0v) is 14.6. The molecule has 27 heavy (non-hydrogen) atoms. The predicted molar refractivity (Wildman–Crippen MR) is 92.7 cm³/mol. The van der Waals surface area contributed by atoms with E-state index < -0.39 is 23.5 Å². The number of carbonyl (C=O) groups excluding carboxylic acids is 1. The van der Waals surface area contributed by atoms with Crippen LogP contribution in [0.1, 0.15) is 21.6 Å². The van der Waals surface area contributed by atoms with E-state index in [1.54, 1.807) is 6.92 Å². The molecule has 3 rings (SSSR count). The van der Waals surface area contributed by atoms with Gasteiger partial charge >= 0.3 is 6.18 Å². The highest BCUT2D eigenvalue weighted by Gasteiger charge is 2.34. The number of halogens is 5. The first-order valence-corrected chi connectivity index (χ1v) is 8.04. The third-order valence-corrected chi connectivity index (χ3v) is 4.00. The highest BCUT2D eigenvalue weighted by molar-refractivity contribution is 6.34. The van der Waals surface area contributed by atoms with Crippen LogP contribution in [0.25, 0.3) is 5.69 Å². The lowest BCUT2D eigenvalue weighted by Gasteiger charge is -2.15. The summed E-state index contributed by atoms with van der Waals surface area (Å²) in [5, 5.41) is 6.40. The number of rotatable bonds is 3. The van der Waals surface area contributed by atoms with Crippen LogP contribution in [0.3, 0.4) is 0 Å². The van der Waals surface area contributed by atoms with Crippen LogP contribution in [-0.4, -0.2) is 15.7 Å². The van der Waals surface area contributed by atoms with Crippen LogP contribution in [-0.2, 0) is 6.18 Å². The molecular formula is C18H12ClF4N3O. The minimum atomic E-state index is -4.60. The predicted octanol–water partition coefficient (Wildman–Crippen LogP) is 5.24. The fourth-order valence-corrected chi connectivity index (χ4v) is 2.78. The topological polar surface area (TPSA) is 46.9 Å². The highest BCUT2D eigenvalue weighted by Crippen LogP contribution is 2.34. The van der Waals surface area contributed by atoms with Gasteiger partial charge in [-0.05, 0) is 37.3 Å². The zero-order valence-electron chi connectivity index (χ0n) is 13.8. The first-order chi connectivity index (χ1) is 12.7. The summed E-state index contributed by atoms with van der Waals surface area (Å²) < 4.78 is 54.1. The molecule has 0 saturated heterocycles. The van der Waals surface area contributed by atoms with Crippen molar-refractivity contribution in [1.82, 2.24) is 9.78 Å². The third kappa shape index (κ3) is 3.95. The molecule has 0 aliphatic carbocycles. The Morgan fingerprint density at radius 1 is 1.15 bits per heavy atom. The van der Waals surface area contributed by atoms with E-state index in [0.29, 0.717) is 5.69 Å². The smallest absolute Gasteiger partial charge is 0.306 e. The quantitative estimate of drug-likeness (QED) is 0.614. The van der Waals surface area contributed by atoms with E-state index in [1.807, 2.05) is 0 Å². The van der Waals surface area contributed by atoms with Gasteiger partial charge in [0.25, 0.3) is 5.91 Å². The molecule has 2 aromatic carbocycles. The van der Waals surface area contributed by atoms with E-state index in [1.165, 1.54) is 30.3 Å². The van der Waals surface area contributed by atoms with Crippen molar-refractivity contribution in [2.45, 2.75) is 13.1 Å². The molecule has 3 aromatic rings. The molecule has 1 heterocycles. The fraction of sp³-hybridized carbons (Fsp3) is 0.111. The minimum absolute atomic E-state index is 0.0208. The number of anilines is 1. The number of amides is 1. The van der Waals surface area contributed by atoms with E-state index in [4.69, 9.17) is 11.6 Å². The molecule has 4 nitrogen and oxygen atoms in total. The number of alkyl halides is 3. The van der Waals surface area contributed by atoms with Crippen molar-refractivity contribution in [3.05, 3.63) is 76.2 Å². The van der Waals surface area contributed by atoms with Crippen molar-refractivity contribution in [2.75, 3.05) is 5.32 Å². The zero-order chi connectivity index (χ0) is 19.8. The lowest BCUT2D eigenvalue weighted by molar-refractivity contribution is -0.137. The van der Waals surface area contributed by atoms with Crippen LogP contribution >= 0.6 is 11.6 Å². The molecule has 0 saturated carbocycles. The Bertz CT molecular complexity index is 1010. The van der Waals surface area contributed by atoms with Crippen LogP contribution < -0.4 is 5.32 Å². The second kappa shape index (κ2) is 7.03. The minimum Gasteiger partial charge on any atom is -0.306 e. The fourth-order valence-electron chi connectivity index (χ4n) is 2.53. The lowest BCUT2D eigenvalue weighted by Crippen LogP contribution is -2.17. The Hall–Kier alpha value is -2.87. The first kappa shape index (κ1) is 18.9. The number of aromatic nitrogens is 2. The highest BCUT2D eigenvalue weighted by atomic mass is 35.5. The maximum atomic E-state index is 13.3. The largest absolute Gasteiger partial charge is 0.418 e. The molecule has 1 N–H and O–H groups in total. The van der Waals surface area contributed by atoms with Crippen molar-refractivity contribution in [3.8, 4) is 5.69 Å². The summed E-state index contributed by atoms with van der Waals surface area (Å²) in [6, 6.07) is 9.50. The van der Waals surface area contributed by atoms with Gasteiger partial charge in [-0.25, -0.2) is 9.07 Å². The monoisotopic (exact) mass is 397 g/mol. The van der Waals surface area contributed by atoms with E-state index in [-0.39, 0.29) is 22.1 Å². The van der Waals surface area contributed by atoms with Gasteiger partial charge in [-0.15, -0.1) is 0 Å². The third-order valence-electron chi connectivity index (χ3n) is 3.69. The van der Waals surface area contributed by atoms with Crippen LogP contribution in [0.4, 0.5) is 23.4 Å². The number of nitrogens with one attached hydrogen (secondary N) is 1. The summed E-state index contributed by atoms with van der Waals surface area (Å²) >= 11 is 5.87. The van der Waals surface area contributed by atoms with Crippen molar-refractivity contribution in [3.63, 3.8) is 0 Å². The Morgan fingerprint density at radius 2 is 1.85 bits per heavy atom. The maximum Gasteiger partial charge on any atom is 0.418 e. The van der Waals surface area contributed by atoms with Gasteiger partial charge in [-0.1, -0.05) is 23.7 Å². The summed E-state index contributed by atoms with van der Waals surface area (Å²) in [4.78, 5) is 12.4. The van der Waals surface area contributed by atoms with Crippen molar-refractivity contribution >= 4 is 23.3 Å². The van der Waals surface area contributed by atoms with Crippen LogP contribution in [0.15, 0.2) is 48.5 Å². The molecule has 0 atom stereocenters. The van der Waals surface area contributed by atoms with E-state index >= 15 is 0 Å². The summed E-state index contributed by atoms with van der Waals surface area (Å²) in [6.45, 7) is 1.58. The second-order valence-electron chi connectivity index (χ2n) is 5.68. The number of benzene rings is 2. The molecular weight excluding hydrogens is 386 g/mol. The average Bonchev–Trinajstić information content (AvgIpc) is 2.94. The number of aryl methyl sites for hydroxylation is 1. The number of carbonyl (C=O) groups is 1. The van der Waals surface area contributed by atoms with Crippen molar-refractivity contribution < 1.29 is 22.4 Å². The second-order valence-corrected chi connectivity index (χ2v) is 6.08. The van der Waals surface area contributed by atoms with Crippen molar-refractivity contribution in [2.24, 2.45) is 0 Å². The number of para-hydroxylation sites is 1. The van der Waals surface area contributed by atoms with Gasteiger partial charge in [0, 0.05) is 6.07 Å². The average molecular weight is 398 g/mol. The summed E-state index contributed by atoms with van der Waals surface area (Å²) in [7, 11) is 0. The van der Waals surface area contributed by atoms with Gasteiger partial charge in [0.05, 0.1) is 27.5 Å². The molecule has 0 unspecified atom stereocenters. The number of hydrogen-bond donors (Lipinski definition) is 1. The van der Waals surface area contributed by atoms with E-state index in [9.17, 15) is 22.4 Å². The molecule has 0 fully saturated rings. The molecule has 0 aliphatic rings. The van der Waals surface area contributed by atoms with Gasteiger partial charge in [0.1, 0.15) is 11.6 Å². The van der Waals surface area contributed by atoms with Gasteiger partial charge < -0.3 is 5.32 Å². The van der Waals surface area contributed by atoms with Crippen LogP contribution in [0.2, 0.25) is 5.02 Å². The lowest BCUT2D eigenvalue weighted by atomic mass is 10.1. The SMILES string of the molecule is Cc1cc(NC(=O)c2ccc(F)cc2Cl)n(-c2ccccc2C(F)(F)F)n1. The van der Waals surface area contributed by atoms with Crippen LogP contribution in [0, 0.1) is 12.7 Å². The molecule has 0 spiro atoms. The van der Waals surface area contributed by atoms with Gasteiger partial charge in [-0.3, -0.25) is 4.79 Å². The Labute approximate surface area is 156 Å². The van der Waals surface area contributed by atoms with Gasteiger partial charge in [0.2, 0.25) is 0 Å². The van der Waals surface area contributed by atoms with E-state index in [0.717, 1.165) is 22.9 Å². The summed E-state index contributed by atoms with van der Waals surface area (Å²) in [6.07, 6.45) is -4.60. The molecule has 0 radical (unpaired) electrons. The molecule has 1 amide bonds. The summed E-state index contributed by atoms with van der Waals surface area (Å²) in [5.74, 6) is -1.29. The van der Waals surface area contributed by atoms with Gasteiger partial charge in [-0.2, -0.15) is 18.3 Å². The standard InChI is InChI=1S/C18H12ClF4N3O/c1-10-8-16(24-17(27)12-7-6-11(20)9-14(12)19)26(25-10)15-5-3-2-4-13(15)18(21,22)23/h2-9H,1H3,(H,24,27). The Morgan fingerprint density at radius 3 is 2.52 bits per heavy atom. The van der Waals surface area contributed by atoms with Crippen LogP contribution in [0.5, 0.6) is 0 Å². The first-order valence-electron chi connectivity index (χ1n) is 7.66. The molecule has 140 valence electrons. The Balaban J connectivity index is 2.02. The molecule has 1 aromatic heterocycles. The summed E-state index contributed by atoms with van der Waals surface area (Å²) in [5.41, 5.74) is -0.762. The normalized spacial score (nSPS) is 11.5. The molecule has 0 bridgehead atoms. The number of nitrogens with zero attached hydrogens (tertiary/aromatic N) is 2.